The van der Waals surface area contributed by atoms with Crippen LogP contribution in [0.4, 0.5) is 14.5 Å². The van der Waals surface area contributed by atoms with E-state index in [1.54, 1.807) is 22.6 Å². The topological polar surface area (TPSA) is 29.1 Å². The molecule has 0 saturated carbocycles. The van der Waals surface area contributed by atoms with Gasteiger partial charge >= 0.3 is 0 Å². The highest BCUT2D eigenvalue weighted by atomic mass is 127. The van der Waals surface area contributed by atoms with Crippen LogP contribution in [-0.4, -0.2) is 5.91 Å². The van der Waals surface area contributed by atoms with Crippen molar-refractivity contribution in [2.24, 2.45) is 0 Å². The summed E-state index contributed by atoms with van der Waals surface area (Å²) in [5, 5.41) is 2.29. The predicted octanol–water partition coefficient (Wildman–Crippen LogP) is 2.53. The lowest BCUT2D eigenvalue weighted by atomic mass is 10.3. The Morgan fingerprint density at radius 3 is 2.23 bits per heavy atom. The summed E-state index contributed by atoms with van der Waals surface area (Å²) in [5.74, 6) is -1.71. The van der Waals surface area contributed by atoms with Gasteiger partial charge in [0, 0.05) is 12.6 Å². The number of nitrogens with one attached hydrogen (secondary N) is 1. The molecule has 0 radical (unpaired) electrons. The molecule has 1 N–H and O–H groups in total. The van der Waals surface area contributed by atoms with E-state index in [0.29, 0.717) is 0 Å². The van der Waals surface area contributed by atoms with Crippen LogP contribution >= 0.6 is 22.6 Å². The van der Waals surface area contributed by atoms with Crippen molar-refractivity contribution in [3.05, 3.63) is 27.3 Å². The summed E-state index contributed by atoms with van der Waals surface area (Å²) in [6, 6.07) is 2.15. The third-order valence-electron chi connectivity index (χ3n) is 1.30. The van der Waals surface area contributed by atoms with Gasteiger partial charge in [-0.05, 0) is 34.7 Å². The number of hydrogen-bond acceptors (Lipinski definition) is 1. The minimum atomic E-state index is -0.677. The molecule has 1 rings (SSSR count). The third-order valence-corrected chi connectivity index (χ3v) is 2.33. The van der Waals surface area contributed by atoms with Crippen molar-refractivity contribution in [2.45, 2.75) is 6.92 Å². The number of rotatable bonds is 1. The lowest BCUT2D eigenvalue weighted by molar-refractivity contribution is -0.114. The van der Waals surface area contributed by atoms with Gasteiger partial charge in [-0.2, -0.15) is 0 Å². The maximum atomic E-state index is 12.9. The average Bonchev–Trinajstić information content (AvgIpc) is 1.98. The summed E-state index contributed by atoms with van der Waals surface area (Å²) in [6.07, 6.45) is 0. The molecule has 0 aliphatic rings. The van der Waals surface area contributed by atoms with Crippen LogP contribution < -0.4 is 5.32 Å². The second-order valence-corrected chi connectivity index (χ2v) is 3.51. The van der Waals surface area contributed by atoms with Crippen LogP contribution in [0.15, 0.2) is 12.1 Å². The van der Waals surface area contributed by atoms with Crippen LogP contribution in [0.5, 0.6) is 0 Å². The van der Waals surface area contributed by atoms with Crippen molar-refractivity contribution in [3.8, 4) is 0 Å². The lowest BCUT2D eigenvalue weighted by Crippen LogP contribution is -2.06. The van der Waals surface area contributed by atoms with Gasteiger partial charge in [-0.25, -0.2) is 8.78 Å². The zero-order chi connectivity index (χ0) is 10.0. The molecule has 2 nitrogen and oxygen atoms in total. The van der Waals surface area contributed by atoms with Crippen LogP contribution in [-0.2, 0) is 4.79 Å². The summed E-state index contributed by atoms with van der Waals surface area (Å²) in [6.45, 7) is 1.27. The average molecular weight is 297 g/mol. The zero-order valence-electron chi connectivity index (χ0n) is 6.70. The van der Waals surface area contributed by atoms with Crippen LogP contribution in [0.25, 0.3) is 0 Å². The van der Waals surface area contributed by atoms with Crippen molar-refractivity contribution < 1.29 is 13.6 Å². The monoisotopic (exact) mass is 297 g/mol. The van der Waals surface area contributed by atoms with E-state index in [1.807, 2.05) is 0 Å². The van der Waals surface area contributed by atoms with Crippen molar-refractivity contribution >= 4 is 34.2 Å². The van der Waals surface area contributed by atoms with Gasteiger partial charge in [-0.15, -0.1) is 0 Å². The smallest absolute Gasteiger partial charge is 0.221 e. The molecule has 0 atom stereocenters. The van der Waals surface area contributed by atoms with Gasteiger partial charge in [0.15, 0.2) is 0 Å². The minimum Gasteiger partial charge on any atom is -0.326 e. The molecule has 1 aromatic carbocycles. The fraction of sp³-hybridized carbons (Fsp3) is 0.125. The van der Waals surface area contributed by atoms with E-state index in [0.717, 1.165) is 12.1 Å². The molecule has 13 heavy (non-hydrogen) atoms. The number of anilines is 1. The molecule has 5 heteroatoms. The van der Waals surface area contributed by atoms with Gasteiger partial charge in [0.1, 0.15) is 11.6 Å². The summed E-state index contributed by atoms with van der Waals surface area (Å²) in [4.78, 5) is 10.6. The largest absolute Gasteiger partial charge is 0.326 e. The van der Waals surface area contributed by atoms with E-state index < -0.39 is 11.6 Å². The Hall–Kier alpha value is -0.720. The van der Waals surface area contributed by atoms with Crippen LogP contribution in [0.3, 0.4) is 0 Å². The van der Waals surface area contributed by atoms with Crippen LogP contribution in [0, 0.1) is 15.2 Å². The first-order valence-electron chi connectivity index (χ1n) is 3.43. The van der Waals surface area contributed by atoms with Gasteiger partial charge in [0.05, 0.1) is 3.57 Å². The Balaban J connectivity index is 3.06. The van der Waals surface area contributed by atoms with E-state index >= 15 is 0 Å². The SMILES string of the molecule is CC(=O)Nc1cc(F)c(I)c(F)c1. The molecule has 0 saturated heterocycles. The Labute approximate surface area is 87.5 Å². The van der Waals surface area contributed by atoms with E-state index in [4.69, 9.17) is 0 Å². The lowest BCUT2D eigenvalue weighted by Gasteiger charge is -2.03. The fourth-order valence-electron chi connectivity index (χ4n) is 0.831. The second kappa shape index (κ2) is 3.99. The molecule has 70 valence electrons. The van der Waals surface area contributed by atoms with E-state index in [-0.39, 0.29) is 15.2 Å². The number of halogens is 3. The molecule has 0 unspecified atom stereocenters. The Bertz CT molecular complexity index is 331. The predicted molar refractivity (Wildman–Crippen MR) is 53.4 cm³/mol. The number of carbonyl (C=O) groups is 1. The highest BCUT2D eigenvalue weighted by Gasteiger charge is 2.08. The van der Waals surface area contributed by atoms with Gasteiger partial charge < -0.3 is 5.32 Å². The number of benzene rings is 1. The first-order valence-corrected chi connectivity index (χ1v) is 4.50. The van der Waals surface area contributed by atoms with Crippen molar-refractivity contribution in [1.29, 1.82) is 0 Å². The molecule has 0 aliphatic heterocycles. The molecule has 0 fully saturated rings. The maximum Gasteiger partial charge on any atom is 0.221 e. The molecule has 0 heterocycles. The highest BCUT2D eigenvalue weighted by Crippen LogP contribution is 2.20. The van der Waals surface area contributed by atoms with Crippen LogP contribution in [0.1, 0.15) is 6.92 Å². The van der Waals surface area contributed by atoms with E-state index in [2.05, 4.69) is 5.32 Å². The minimum absolute atomic E-state index is 0.0771. The maximum absolute atomic E-state index is 12.9. The van der Waals surface area contributed by atoms with E-state index in [9.17, 15) is 13.6 Å². The Kier molecular flexibility index (Phi) is 3.18. The van der Waals surface area contributed by atoms with Gasteiger partial charge in [0.2, 0.25) is 5.91 Å². The molecular formula is C8H6F2INO. The molecule has 0 spiro atoms. The number of carbonyl (C=O) groups excluding carboxylic acids is 1. The first kappa shape index (κ1) is 10.4. The van der Waals surface area contributed by atoms with E-state index in [1.165, 1.54) is 6.92 Å². The van der Waals surface area contributed by atoms with Crippen LogP contribution in [0.2, 0.25) is 0 Å². The first-order chi connectivity index (χ1) is 6.00. The summed E-state index contributed by atoms with van der Waals surface area (Å²) in [5.41, 5.74) is 0.128. The number of amides is 1. The number of hydrogen-bond donors (Lipinski definition) is 1. The molecular weight excluding hydrogens is 291 g/mol. The van der Waals surface area contributed by atoms with Crippen molar-refractivity contribution in [1.82, 2.24) is 0 Å². The Morgan fingerprint density at radius 2 is 1.85 bits per heavy atom. The molecule has 0 aromatic heterocycles. The third kappa shape index (κ3) is 2.61. The van der Waals surface area contributed by atoms with Gasteiger partial charge in [-0.1, -0.05) is 0 Å². The van der Waals surface area contributed by atoms with Crippen molar-refractivity contribution in [2.75, 3.05) is 5.32 Å². The molecule has 1 aromatic rings. The molecule has 1 amide bonds. The Morgan fingerprint density at radius 1 is 1.38 bits per heavy atom. The normalized spacial score (nSPS) is 9.85. The standard InChI is InChI=1S/C8H6F2INO/c1-4(13)12-5-2-6(9)8(11)7(10)3-5/h2-3H,1H3,(H,12,13). The highest BCUT2D eigenvalue weighted by molar-refractivity contribution is 14.1. The fourth-order valence-corrected chi connectivity index (χ4v) is 1.14. The summed E-state index contributed by atoms with van der Waals surface area (Å²) < 4.78 is 25.7. The zero-order valence-corrected chi connectivity index (χ0v) is 8.85. The van der Waals surface area contributed by atoms with Gasteiger partial charge in [-0.3, -0.25) is 4.79 Å². The van der Waals surface area contributed by atoms with Crippen molar-refractivity contribution in [3.63, 3.8) is 0 Å². The van der Waals surface area contributed by atoms with Gasteiger partial charge in [0.25, 0.3) is 0 Å². The second-order valence-electron chi connectivity index (χ2n) is 2.44. The quantitative estimate of drug-likeness (QED) is 0.626. The summed E-state index contributed by atoms with van der Waals surface area (Å²) >= 11 is 1.56. The molecule has 0 aliphatic carbocycles. The summed E-state index contributed by atoms with van der Waals surface area (Å²) in [7, 11) is 0. The molecule has 0 bridgehead atoms.